The van der Waals surface area contributed by atoms with E-state index in [4.69, 9.17) is 4.74 Å². The van der Waals surface area contributed by atoms with E-state index >= 15 is 0 Å². The average Bonchev–Trinajstić information content (AvgIpc) is 2.03. The normalized spacial score (nSPS) is 9.50. The van der Waals surface area contributed by atoms with E-state index < -0.39 is 5.97 Å². The fourth-order valence-electron chi connectivity index (χ4n) is 0.429. The number of ether oxygens (including phenoxy) is 1. The van der Waals surface area contributed by atoms with E-state index in [1.54, 1.807) is 14.0 Å². The molecule has 0 aromatic carbocycles. The SMILES string of the molecule is C=C(C)C(=O)OOCCCOC. The summed E-state index contributed by atoms with van der Waals surface area (Å²) in [6, 6.07) is 0. The van der Waals surface area contributed by atoms with Crippen LogP contribution in [0.5, 0.6) is 0 Å². The largest absolute Gasteiger partial charge is 0.385 e. The molecule has 0 spiro atoms. The van der Waals surface area contributed by atoms with Crippen molar-refractivity contribution in [1.29, 1.82) is 0 Å². The molecule has 0 saturated carbocycles. The first-order valence-electron chi connectivity index (χ1n) is 3.66. The maximum absolute atomic E-state index is 10.7. The molecule has 0 unspecified atom stereocenters. The van der Waals surface area contributed by atoms with E-state index in [0.717, 1.165) is 0 Å². The van der Waals surface area contributed by atoms with Crippen LogP contribution in [0, 0.1) is 0 Å². The van der Waals surface area contributed by atoms with E-state index in [0.29, 0.717) is 25.2 Å². The van der Waals surface area contributed by atoms with Gasteiger partial charge in [0, 0.05) is 19.3 Å². The Labute approximate surface area is 72.0 Å². The molecule has 0 amide bonds. The molecule has 0 saturated heterocycles. The fraction of sp³-hybridized carbons (Fsp3) is 0.625. The van der Waals surface area contributed by atoms with Crippen LogP contribution in [0.15, 0.2) is 12.2 Å². The summed E-state index contributed by atoms with van der Waals surface area (Å²) in [5.74, 6) is -0.535. The molecule has 0 N–H and O–H groups in total. The van der Waals surface area contributed by atoms with Gasteiger partial charge in [0.05, 0.1) is 6.61 Å². The molecule has 0 aromatic rings. The van der Waals surface area contributed by atoms with E-state index in [2.05, 4.69) is 16.4 Å². The second kappa shape index (κ2) is 6.82. The lowest BCUT2D eigenvalue weighted by molar-refractivity contribution is -0.269. The standard InChI is InChI=1S/C8H14O4/c1-7(2)8(9)12-11-6-4-5-10-3/h1,4-6H2,2-3H3. The van der Waals surface area contributed by atoms with Crippen LogP contribution >= 0.6 is 0 Å². The Morgan fingerprint density at radius 1 is 1.42 bits per heavy atom. The van der Waals surface area contributed by atoms with Crippen LogP contribution in [0.4, 0.5) is 0 Å². The maximum Gasteiger partial charge on any atom is 0.368 e. The van der Waals surface area contributed by atoms with Crippen molar-refractivity contribution >= 4 is 5.97 Å². The van der Waals surface area contributed by atoms with Crippen LogP contribution < -0.4 is 0 Å². The Kier molecular flexibility index (Phi) is 6.32. The highest BCUT2D eigenvalue weighted by Gasteiger charge is 2.02. The topological polar surface area (TPSA) is 44.8 Å². The van der Waals surface area contributed by atoms with Gasteiger partial charge in [-0.2, -0.15) is 4.89 Å². The number of methoxy groups -OCH3 is 1. The summed E-state index contributed by atoms with van der Waals surface area (Å²) in [5.41, 5.74) is 0.321. The van der Waals surface area contributed by atoms with Gasteiger partial charge in [-0.05, 0) is 13.3 Å². The second-order valence-electron chi connectivity index (χ2n) is 2.32. The van der Waals surface area contributed by atoms with Crippen LogP contribution in [0.1, 0.15) is 13.3 Å². The molecule has 4 nitrogen and oxygen atoms in total. The van der Waals surface area contributed by atoms with Gasteiger partial charge in [0.15, 0.2) is 0 Å². The maximum atomic E-state index is 10.7. The van der Waals surface area contributed by atoms with Gasteiger partial charge >= 0.3 is 5.97 Å². The van der Waals surface area contributed by atoms with Gasteiger partial charge in [0.2, 0.25) is 0 Å². The minimum Gasteiger partial charge on any atom is -0.385 e. The van der Waals surface area contributed by atoms with Crippen molar-refractivity contribution in [3.8, 4) is 0 Å². The average molecular weight is 174 g/mol. The summed E-state index contributed by atoms with van der Waals surface area (Å²) >= 11 is 0. The molecular weight excluding hydrogens is 160 g/mol. The van der Waals surface area contributed by atoms with Gasteiger partial charge in [-0.3, -0.25) is 4.89 Å². The third-order valence-electron chi connectivity index (χ3n) is 1.06. The van der Waals surface area contributed by atoms with Gasteiger partial charge in [-0.1, -0.05) is 6.58 Å². The van der Waals surface area contributed by atoms with Crippen LogP contribution in [-0.4, -0.2) is 26.3 Å². The molecule has 12 heavy (non-hydrogen) atoms. The molecule has 0 aliphatic rings. The monoisotopic (exact) mass is 174 g/mol. The first-order valence-corrected chi connectivity index (χ1v) is 3.66. The van der Waals surface area contributed by atoms with Gasteiger partial charge in [-0.15, -0.1) is 0 Å². The number of carbonyl (C=O) groups excluding carboxylic acids is 1. The minimum absolute atomic E-state index is 0.321. The van der Waals surface area contributed by atoms with Gasteiger partial charge in [-0.25, -0.2) is 4.79 Å². The smallest absolute Gasteiger partial charge is 0.368 e. The lowest BCUT2D eigenvalue weighted by Crippen LogP contribution is -2.07. The van der Waals surface area contributed by atoms with Crippen molar-refractivity contribution < 1.29 is 19.3 Å². The van der Waals surface area contributed by atoms with Crippen molar-refractivity contribution in [3.63, 3.8) is 0 Å². The number of hydrogen-bond donors (Lipinski definition) is 0. The molecule has 0 aromatic heterocycles. The molecule has 0 aliphatic carbocycles. The van der Waals surface area contributed by atoms with E-state index in [9.17, 15) is 4.79 Å². The van der Waals surface area contributed by atoms with Gasteiger partial charge in [0.25, 0.3) is 0 Å². The van der Waals surface area contributed by atoms with Crippen molar-refractivity contribution in [3.05, 3.63) is 12.2 Å². The molecule has 0 rings (SSSR count). The zero-order chi connectivity index (χ0) is 9.40. The Bertz CT molecular complexity index is 153. The Morgan fingerprint density at radius 3 is 2.58 bits per heavy atom. The molecule has 4 heteroatoms. The van der Waals surface area contributed by atoms with E-state index in [-0.39, 0.29) is 0 Å². The molecule has 0 fully saturated rings. The Balaban J connectivity index is 3.20. The van der Waals surface area contributed by atoms with Crippen molar-refractivity contribution in [2.75, 3.05) is 20.3 Å². The number of rotatable bonds is 6. The third-order valence-corrected chi connectivity index (χ3v) is 1.06. The number of carbonyl (C=O) groups is 1. The van der Waals surface area contributed by atoms with E-state index in [1.807, 2.05) is 0 Å². The summed E-state index contributed by atoms with van der Waals surface area (Å²) in [7, 11) is 1.60. The Hall–Kier alpha value is -0.870. The zero-order valence-electron chi connectivity index (χ0n) is 7.46. The quantitative estimate of drug-likeness (QED) is 0.261. The molecule has 0 bridgehead atoms. The number of hydrogen-bond acceptors (Lipinski definition) is 4. The van der Waals surface area contributed by atoms with Gasteiger partial charge < -0.3 is 4.74 Å². The highest BCUT2D eigenvalue weighted by Crippen LogP contribution is 1.93. The fourth-order valence-corrected chi connectivity index (χ4v) is 0.429. The highest BCUT2D eigenvalue weighted by molar-refractivity contribution is 5.86. The predicted octanol–water partition coefficient (Wildman–Crippen LogP) is 1.07. The molecular formula is C8H14O4. The second-order valence-corrected chi connectivity index (χ2v) is 2.32. The first kappa shape index (κ1) is 11.1. The summed E-state index contributed by atoms with van der Waals surface area (Å²) in [5, 5.41) is 0. The summed E-state index contributed by atoms with van der Waals surface area (Å²) in [6.07, 6.45) is 0.694. The highest BCUT2D eigenvalue weighted by atomic mass is 17.2. The summed E-state index contributed by atoms with van der Waals surface area (Å²) in [6.45, 7) is 5.88. The molecule has 0 atom stereocenters. The van der Waals surface area contributed by atoms with Crippen LogP contribution in [0.3, 0.4) is 0 Å². The molecule has 0 radical (unpaired) electrons. The summed E-state index contributed by atoms with van der Waals surface area (Å²) in [4.78, 5) is 19.6. The Morgan fingerprint density at radius 2 is 2.08 bits per heavy atom. The molecule has 0 aliphatic heterocycles. The van der Waals surface area contributed by atoms with Crippen LogP contribution in [-0.2, 0) is 19.3 Å². The molecule has 70 valence electrons. The van der Waals surface area contributed by atoms with Crippen molar-refractivity contribution in [2.24, 2.45) is 0 Å². The zero-order valence-corrected chi connectivity index (χ0v) is 7.46. The van der Waals surface area contributed by atoms with E-state index in [1.165, 1.54) is 0 Å². The third kappa shape index (κ3) is 5.88. The minimum atomic E-state index is -0.535. The van der Waals surface area contributed by atoms with Crippen molar-refractivity contribution in [2.45, 2.75) is 13.3 Å². The van der Waals surface area contributed by atoms with Gasteiger partial charge in [0.1, 0.15) is 0 Å². The lowest BCUT2D eigenvalue weighted by Gasteiger charge is -2.01. The van der Waals surface area contributed by atoms with Crippen LogP contribution in [0.2, 0.25) is 0 Å². The molecule has 0 heterocycles. The first-order chi connectivity index (χ1) is 5.68. The van der Waals surface area contributed by atoms with Crippen LogP contribution in [0.25, 0.3) is 0 Å². The summed E-state index contributed by atoms with van der Waals surface area (Å²) < 4.78 is 4.76. The lowest BCUT2D eigenvalue weighted by atomic mass is 10.4. The van der Waals surface area contributed by atoms with Crippen molar-refractivity contribution in [1.82, 2.24) is 0 Å². The predicted molar refractivity (Wildman–Crippen MR) is 43.4 cm³/mol.